The molecule has 0 N–H and O–H groups in total. The molecule has 2 nitrogen and oxygen atoms in total. The highest BCUT2D eigenvalue weighted by Crippen LogP contribution is 2.28. The molecule has 2 aromatic carbocycles. The zero-order valence-corrected chi connectivity index (χ0v) is 11.5. The Morgan fingerprint density at radius 2 is 1.76 bits per heavy atom. The van der Waals surface area contributed by atoms with Crippen LogP contribution in [0.1, 0.15) is 27.2 Å². The van der Waals surface area contributed by atoms with Crippen molar-refractivity contribution in [3.8, 4) is 0 Å². The largest absolute Gasteiger partial charge is 0.452 e. The fourth-order valence-electron chi connectivity index (χ4n) is 2.41. The van der Waals surface area contributed by atoms with Gasteiger partial charge in [0.05, 0.1) is 0 Å². The summed E-state index contributed by atoms with van der Waals surface area (Å²) in [7, 11) is 0. The molecule has 1 heterocycles. The molecule has 1 aromatic heterocycles. The van der Waals surface area contributed by atoms with Gasteiger partial charge in [0.15, 0.2) is 5.76 Å². The number of halogens is 2. The molecular formula is C17H12F2O2. The van der Waals surface area contributed by atoms with Gasteiger partial charge in [0.2, 0.25) is 5.78 Å². The zero-order valence-electron chi connectivity index (χ0n) is 11.5. The van der Waals surface area contributed by atoms with Gasteiger partial charge in [-0.25, -0.2) is 8.78 Å². The van der Waals surface area contributed by atoms with Crippen LogP contribution in [0, 0.1) is 25.5 Å². The predicted octanol–water partition coefficient (Wildman–Crippen LogP) is 4.56. The van der Waals surface area contributed by atoms with Crippen LogP contribution in [0.4, 0.5) is 8.78 Å². The molecule has 0 amide bonds. The van der Waals surface area contributed by atoms with E-state index in [-0.39, 0.29) is 11.3 Å². The summed E-state index contributed by atoms with van der Waals surface area (Å²) in [6.07, 6.45) is 0. The predicted molar refractivity (Wildman–Crippen MR) is 75.5 cm³/mol. The van der Waals surface area contributed by atoms with E-state index in [0.717, 1.165) is 0 Å². The minimum absolute atomic E-state index is 0.112. The number of aryl methyl sites for hydroxylation is 2. The topological polar surface area (TPSA) is 30.2 Å². The Labute approximate surface area is 120 Å². The van der Waals surface area contributed by atoms with E-state index in [9.17, 15) is 13.6 Å². The summed E-state index contributed by atoms with van der Waals surface area (Å²) in [5, 5.41) is 0.548. The maximum absolute atomic E-state index is 13.4. The van der Waals surface area contributed by atoms with Gasteiger partial charge in [-0.1, -0.05) is 0 Å². The maximum Gasteiger partial charge on any atom is 0.228 e. The molecule has 106 valence electrons. The molecule has 0 bridgehead atoms. The van der Waals surface area contributed by atoms with Gasteiger partial charge >= 0.3 is 0 Å². The van der Waals surface area contributed by atoms with Crippen molar-refractivity contribution >= 4 is 16.8 Å². The lowest BCUT2D eigenvalue weighted by molar-refractivity contribution is 0.101. The number of hydrogen-bond acceptors (Lipinski definition) is 2. The zero-order chi connectivity index (χ0) is 15.1. The van der Waals surface area contributed by atoms with E-state index >= 15 is 0 Å². The summed E-state index contributed by atoms with van der Waals surface area (Å²) in [4.78, 5) is 12.5. The second kappa shape index (κ2) is 4.81. The normalized spacial score (nSPS) is 11.0. The molecule has 0 saturated carbocycles. The van der Waals surface area contributed by atoms with Gasteiger partial charge in [0, 0.05) is 16.5 Å². The molecule has 0 unspecified atom stereocenters. The monoisotopic (exact) mass is 286 g/mol. The van der Waals surface area contributed by atoms with Crippen molar-refractivity contribution in [1.82, 2.24) is 0 Å². The summed E-state index contributed by atoms with van der Waals surface area (Å²) in [6, 6.07) is 8.18. The summed E-state index contributed by atoms with van der Waals surface area (Å²) in [5.41, 5.74) is 1.86. The molecule has 0 aliphatic heterocycles. The Balaban J connectivity index is 2.15. The summed E-state index contributed by atoms with van der Waals surface area (Å²) < 4.78 is 32.2. The number of furan rings is 1. The van der Waals surface area contributed by atoms with Gasteiger partial charge in [0.1, 0.15) is 17.2 Å². The summed E-state index contributed by atoms with van der Waals surface area (Å²) >= 11 is 0. The number of carbonyl (C=O) groups excluding carboxylic acids is 1. The fourth-order valence-corrected chi connectivity index (χ4v) is 2.41. The van der Waals surface area contributed by atoms with Crippen LogP contribution < -0.4 is 0 Å². The Kier molecular flexibility index (Phi) is 3.09. The lowest BCUT2D eigenvalue weighted by Crippen LogP contribution is -2.02. The molecule has 0 aliphatic rings. The molecule has 0 aliphatic carbocycles. The highest BCUT2D eigenvalue weighted by Gasteiger charge is 2.20. The second-order valence-electron chi connectivity index (χ2n) is 5.04. The van der Waals surface area contributed by atoms with Gasteiger partial charge in [-0.15, -0.1) is 0 Å². The number of benzene rings is 2. The Hall–Kier alpha value is -2.49. The van der Waals surface area contributed by atoms with E-state index in [1.54, 1.807) is 19.9 Å². The number of fused-ring (bicyclic) bond motifs is 1. The van der Waals surface area contributed by atoms with E-state index in [1.165, 1.54) is 30.3 Å². The third kappa shape index (κ3) is 2.33. The van der Waals surface area contributed by atoms with Crippen LogP contribution in [-0.2, 0) is 0 Å². The molecular weight excluding hydrogens is 274 g/mol. The van der Waals surface area contributed by atoms with E-state index in [2.05, 4.69) is 0 Å². The van der Waals surface area contributed by atoms with Crippen LogP contribution in [0.25, 0.3) is 11.0 Å². The molecule has 0 radical (unpaired) electrons. The minimum Gasteiger partial charge on any atom is -0.452 e. The van der Waals surface area contributed by atoms with Crippen molar-refractivity contribution < 1.29 is 18.0 Å². The van der Waals surface area contributed by atoms with Crippen molar-refractivity contribution in [2.24, 2.45) is 0 Å². The molecule has 0 spiro atoms. The van der Waals surface area contributed by atoms with Crippen LogP contribution in [0.2, 0.25) is 0 Å². The molecule has 3 aromatic rings. The average Bonchev–Trinajstić information content (AvgIpc) is 2.74. The first-order valence-electron chi connectivity index (χ1n) is 6.46. The van der Waals surface area contributed by atoms with Crippen LogP contribution in [0.3, 0.4) is 0 Å². The molecule has 3 rings (SSSR count). The van der Waals surface area contributed by atoms with Crippen molar-refractivity contribution in [3.63, 3.8) is 0 Å². The fraction of sp³-hybridized carbons (Fsp3) is 0.118. The number of rotatable bonds is 2. The average molecular weight is 286 g/mol. The van der Waals surface area contributed by atoms with E-state index in [0.29, 0.717) is 22.1 Å². The standard InChI is InChI=1S/C17H12F2O2/c1-9-5-11(7-13(19)6-9)16(20)17-10(2)14-8-12(18)3-4-15(14)21-17/h3-8H,1-2H3. The van der Waals surface area contributed by atoms with Crippen molar-refractivity contribution in [2.75, 3.05) is 0 Å². The molecule has 0 fully saturated rings. The minimum atomic E-state index is -0.474. The van der Waals surface area contributed by atoms with Crippen molar-refractivity contribution in [2.45, 2.75) is 13.8 Å². The number of hydrogen-bond donors (Lipinski definition) is 0. The molecule has 21 heavy (non-hydrogen) atoms. The van der Waals surface area contributed by atoms with Gasteiger partial charge in [-0.3, -0.25) is 4.79 Å². The number of ketones is 1. The third-order valence-electron chi connectivity index (χ3n) is 3.41. The highest BCUT2D eigenvalue weighted by atomic mass is 19.1. The van der Waals surface area contributed by atoms with Crippen LogP contribution >= 0.6 is 0 Å². The lowest BCUT2D eigenvalue weighted by Gasteiger charge is -2.01. The second-order valence-corrected chi connectivity index (χ2v) is 5.04. The van der Waals surface area contributed by atoms with Gasteiger partial charge in [0.25, 0.3) is 0 Å². The first-order chi connectivity index (χ1) is 9.95. The van der Waals surface area contributed by atoms with Crippen molar-refractivity contribution in [1.29, 1.82) is 0 Å². The third-order valence-corrected chi connectivity index (χ3v) is 3.41. The van der Waals surface area contributed by atoms with Gasteiger partial charge in [-0.05, 0) is 55.8 Å². The Morgan fingerprint density at radius 3 is 2.48 bits per heavy atom. The highest BCUT2D eigenvalue weighted by molar-refractivity contribution is 6.10. The van der Waals surface area contributed by atoms with E-state index in [1.807, 2.05) is 0 Å². The quantitative estimate of drug-likeness (QED) is 0.646. The lowest BCUT2D eigenvalue weighted by atomic mass is 10.0. The first-order valence-corrected chi connectivity index (χ1v) is 6.46. The smallest absolute Gasteiger partial charge is 0.228 e. The first kappa shape index (κ1) is 13.5. The Bertz CT molecular complexity index is 842. The number of carbonyl (C=O) groups is 1. The molecule has 4 heteroatoms. The van der Waals surface area contributed by atoms with E-state index in [4.69, 9.17) is 4.42 Å². The van der Waals surface area contributed by atoms with E-state index < -0.39 is 17.4 Å². The van der Waals surface area contributed by atoms with Crippen LogP contribution in [-0.4, -0.2) is 5.78 Å². The van der Waals surface area contributed by atoms with Crippen LogP contribution in [0.15, 0.2) is 40.8 Å². The Morgan fingerprint density at radius 1 is 1.00 bits per heavy atom. The molecule has 0 atom stereocenters. The molecule has 0 saturated heterocycles. The summed E-state index contributed by atoms with van der Waals surface area (Å²) in [5.74, 6) is -1.17. The SMILES string of the molecule is Cc1cc(F)cc(C(=O)c2oc3ccc(F)cc3c2C)c1. The van der Waals surface area contributed by atoms with Crippen LogP contribution in [0.5, 0.6) is 0 Å². The summed E-state index contributed by atoms with van der Waals surface area (Å²) in [6.45, 7) is 3.39. The van der Waals surface area contributed by atoms with Gasteiger partial charge < -0.3 is 4.42 Å². The van der Waals surface area contributed by atoms with Crippen molar-refractivity contribution in [3.05, 3.63) is 70.5 Å². The maximum atomic E-state index is 13.4. The van der Waals surface area contributed by atoms with Gasteiger partial charge in [-0.2, -0.15) is 0 Å².